The molecule has 53 heavy (non-hydrogen) atoms. The van der Waals surface area contributed by atoms with E-state index in [4.69, 9.17) is 25.1 Å². The van der Waals surface area contributed by atoms with Crippen LogP contribution in [0.5, 0.6) is 0 Å². The van der Waals surface area contributed by atoms with Gasteiger partial charge in [-0.15, -0.1) is 22.7 Å². The fourth-order valence-electron chi connectivity index (χ4n) is 6.04. The van der Waals surface area contributed by atoms with E-state index in [-0.39, 0.29) is 43.5 Å². The van der Waals surface area contributed by atoms with E-state index in [1.165, 1.54) is 55.9 Å². The SMILES string of the molecule is N.Nc1ccc(-c2cccs2)cc1NC(=O)OCC1CCCCC1.O=C(Nc1cc(-c2cccs2)ccc1[N+](=O)[O-])OCC1CCCCC1.O=CO.[Zn]. The van der Waals surface area contributed by atoms with Gasteiger partial charge in [0, 0.05) is 35.3 Å². The van der Waals surface area contributed by atoms with Crippen molar-refractivity contribution in [1.29, 1.82) is 0 Å². The molecule has 0 aliphatic heterocycles. The van der Waals surface area contributed by atoms with E-state index in [1.54, 1.807) is 23.5 Å². The number of nitro groups is 1. The molecule has 6 rings (SSSR count). The number of carboxylic acid groups (broad SMARTS) is 1. The molecule has 2 saturated carbocycles. The summed E-state index contributed by atoms with van der Waals surface area (Å²) in [6.07, 6.45) is 10.8. The van der Waals surface area contributed by atoms with E-state index >= 15 is 0 Å². The van der Waals surface area contributed by atoms with Crippen LogP contribution < -0.4 is 22.5 Å². The average Bonchev–Trinajstić information content (AvgIpc) is 3.89. The number of nitrogen functional groups attached to an aromatic ring is 1. The third-order valence-corrected chi connectivity index (χ3v) is 10.5. The summed E-state index contributed by atoms with van der Waals surface area (Å²) in [7, 11) is 0. The molecule has 0 radical (unpaired) electrons. The number of amides is 2. The van der Waals surface area contributed by atoms with Gasteiger partial charge < -0.3 is 26.5 Å². The van der Waals surface area contributed by atoms with E-state index in [9.17, 15) is 19.7 Å². The second-order valence-corrected chi connectivity index (χ2v) is 14.2. The van der Waals surface area contributed by atoms with Crippen molar-refractivity contribution in [3.8, 4) is 20.9 Å². The minimum Gasteiger partial charge on any atom is -0.483 e. The van der Waals surface area contributed by atoms with Gasteiger partial charge in [-0.25, -0.2) is 9.59 Å². The summed E-state index contributed by atoms with van der Waals surface area (Å²) in [5, 5.41) is 27.4. The monoisotopic (exact) mass is 817 g/mol. The maximum atomic E-state index is 12.1. The topological polar surface area (TPSA) is 218 Å². The van der Waals surface area contributed by atoms with Gasteiger partial charge >= 0.3 is 12.2 Å². The molecular formula is C37H47N5O8S2Zn. The summed E-state index contributed by atoms with van der Waals surface area (Å²) in [4.78, 5) is 45.3. The summed E-state index contributed by atoms with van der Waals surface area (Å²) < 4.78 is 10.6. The van der Waals surface area contributed by atoms with Crippen LogP contribution in [0.15, 0.2) is 71.4 Å². The number of anilines is 3. The zero-order valence-corrected chi connectivity index (χ0v) is 34.3. The van der Waals surface area contributed by atoms with Crippen molar-refractivity contribution < 1.29 is 53.4 Å². The molecule has 2 aromatic carbocycles. The predicted molar refractivity (Wildman–Crippen MR) is 207 cm³/mol. The number of nitrogens with zero attached hydrogens (tertiary/aromatic N) is 1. The number of nitro benzene ring substituents is 1. The Hall–Kier alpha value is -4.37. The van der Waals surface area contributed by atoms with Gasteiger partial charge in [-0.3, -0.25) is 25.5 Å². The van der Waals surface area contributed by atoms with Crippen molar-refractivity contribution in [1.82, 2.24) is 6.15 Å². The second-order valence-electron chi connectivity index (χ2n) is 12.3. The zero-order valence-electron chi connectivity index (χ0n) is 29.7. The van der Waals surface area contributed by atoms with Crippen LogP contribution >= 0.6 is 22.7 Å². The molecule has 2 aliphatic rings. The first-order valence-electron chi connectivity index (χ1n) is 17.0. The number of hydrogen-bond acceptors (Lipinski definition) is 11. The largest absolute Gasteiger partial charge is 0.483 e. The van der Waals surface area contributed by atoms with Gasteiger partial charge in [0.15, 0.2) is 0 Å². The first-order chi connectivity index (χ1) is 24.8. The number of thiophene rings is 2. The van der Waals surface area contributed by atoms with Crippen molar-refractivity contribution in [2.75, 3.05) is 29.6 Å². The third-order valence-electron chi connectivity index (χ3n) is 8.68. The fourth-order valence-corrected chi connectivity index (χ4v) is 7.49. The number of hydrogen-bond donors (Lipinski definition) is 5. The van der Waals surface area contributed by atoms with Crippen molar-refractivity contribution in [3.63, 3.8) is 0 Å². The molecule has 16 heteroatoms. The molecule has 8 N–H and O–H groups in total. The number of nitrogens with one attached hydrogen (secondary N) is 2. The average molecular weight is 819 g/mol. The zero-order chi connectivity index (χ0) is 36.4. The molecule has 0 atom stereocenters. The van der Waals surface area contributed by atoms with Crippen molar-refractivity contribution in [2.45, 2.75) is 64.2 Å². The van der Waals surface area contributed by atoms with Crippen molar-refractivity contribution in [2.24, 2.45) is 11.8 Å². The summed E-state index contributed by atoms with van der Waals surface area (Å²) in [5.41, 5.74) is 8.98. The Labute approximate surface area is 330 Å². The van der Waals surface area contributed by atoms with Gasteiger partial charge in [-0.2, -0.15) is 0 Å². The number of benzene rings is 2. The third kappa shape index (κ3) is 14.9. The van der Waals surface area contributed by atoms with Crippen LogP contribution in [0.4, 0.5) is 32.3 Å². The molecular weight excluding hydrogens is 772 g/mol. The van der Waals surface area contributed by atoms with Gasteiger partial charge in [-0.1, -0.05) is 56.7 Å². The number of ether oxygens (including phenoxy) is 2. The van der Waals surface area contributed by atoms with Crippen LogP contribution in [0, 0.1) is 22.0 Å². The minimum atomic E-state index is -0.642. The van der Waals surface area contributed by atoms with Crippen LogP contribution in [0.1, 0.15) is 64.2 Å². The first-order valence-corrected chi connectivity index (χ1v) is 18.7. The van der Waals surface area contributed by atoms with Crippen molar-refractivity contribution in [3.05, 3.63) is 81.5 Å². The summed E-state index contributed by atoms with van der Waals surface area (Å²) in [5.74, 6) is 0.899. The van der Waals surface area contributed by atoms with E-state index < -0.39 is 17.1 Å². The van der Waals surface area contributed by atoms with Gasteiger partial charge in [0.25, 0.3) is 12.2 Å². The Morgan fingerprint density at radius 2 is 1.23 bits per heavy atom. The summed E-state index contributed by atoms with van der Waals surface area (Å²) >= 11 is 3.19. The maximum Gasteiger partial charge on any atom is 0.411 e. The second kappa shape index (κ2) is 24.0. The standard InChI is InChI=1S/C18H20N2O4S.C18H22N2O2S.CH2O2.H3N.Zn/c21-18(24-12-13-5-2-1-3-6-13)19-15-11-14(17-7-4-10-25-17)8-9-16(15)20(22)23;19-15-9-8-14(17-7-4-10-23-17)11-16(15)20-18(21)22-12-13-5-2-1-3-6-13;2-1-3;;/h4,7-11,13H,1-3,5-6,12H2,(H,19,21);4,7-11,13H,1-3,5-6,12,19H2,(H,20,21);1H,(H,2,3);1H3;. The number of nitrogens with two attached hydrogens (primary N) is 1. The summed E-state index contributed by atoms with van der Waals surface area (Å²) in [6.45, 7) is 0.612. The molecule has 2 aromatic heterocycles. The molecule has 13 nitrogen and oxygen atoms in total. The van der Waals surface area contributed by atoms with Crippen LogP contribution in [-0.2, 0) is 33.7 Å². The van der Waals surface area contributed by atoms with Gasteiger partial charge in [-0.05, 0) is 95.8 Å². The smallest absolute Gasteiger partial charge is 0.411 e. The molecule has 2 amide bonds. The van der Waals surface area contributed by atoms with E-state index in [0.717, 1.165) is 46.6 Å². The van der Waals surface area contributed by atoms with E-state index in [2.05, 4.69) is 10.6 Å². The quantitative estimate of drug-likeness (QED) is 0.0354. The Bertz CT molecular complexity index is 1700. The molecule has 2 heterocycles. The molecule has 282 valence electrons. The first kappa shape index (κ1) is 44.8. The van der Waals surface area contributed by atoms with E-state index in [0.29, 0.717) is 36.4 Å². The molecule has 2 aliphatic carbocycles. The molecule has 0 saturated heterocycles. The Balaban J connectivity index is 0.000000331. The van der Waals surface area contributed by atoms with Crippen molar-refractivity contribution >= 4 is 64.1 Å². The summed E-state index contributed by atoms with van der Waals surface area (Å²) in [6, 6.07) is 18.3. The van der Waals surface area contributed by atoms with Crippen LogP contribution in [0.3, 0.4) is 0 Å². The fraction of sp³-hybridized carbons (Fsp3) is 0.378. The molecule has 0 unspecified atom stereocenters. The number of rotatable bonds is 9. The Morgan fingerprint density at radius 1 is 0.792 bits per heavy atom. The van der Waals surface area contributed by atoms with Gasteiger partial charge in [0.1, 0.15) is 5.69 Å². The molecule has 4 aromatic rings. The van der Waals surface area contributed by atoms with Gasteiger partial charge in [0.05, 0.1) is 29.5 Å². The molecule has 0 bridgehead atoms. The number of carbonyl (C=O) groups is 3. The normalized spacial score (nSPS) is 13.9. The Morgan fingerprint density at radius 3 is 1.66 bits per heavy atom. The Kier molecular flexibility index (Phi) is 20.3. The maximum absolute atomic E-state index is 12.1. The van der Waals surface area contributed by atoms with Gasteiger partial charge in [0.2, 0.25) is 0 Å². The minimum absolute atomic E-state index is 0. The van der Waals surface area contributed by atoms with Crippen LogP contribution in [0.2, 0.25) is 0 Å². The predicted octanol–water partition coefficient (Wildman–Crippen LogP) is 10.4. The van der Waals surface area contributed by atoms with Crippen LogP contribution in [-0.4, -0.2) is 41.9 Å². The molecule has 0 spiro atoms. The number of carbonyl (C=O) groups excluding carboxylic acids is 2. The molecule has 2 fully saturated rings. The van der Waals surface area contributed by atoms with Crippen LogP contribution in [0.25, 0.3) is 20.9 Å². The van der Waals surface area contributed by atoms with E-state index in [1.807, 2.05) is 53.2 Å².